The molecule has 1 atom stereocenters. The van der Waals surface area contributed by atoms with Crippen LogP contribution in [-0.4, -0.2) is 28.7 Å². The van der Waals surface area contributed by atoms with Crippen molar-refractivity contribution in [3.63, 3.8) is 0 Å². The Balaban J connectivity index is 2.47. The van der Waals surface area contributed by atoms with Crippen LogP contribution < -0.4 is 5.43 Å². The first-order chi connectivity index (χ1) is 9.17. The molecule has 1 unspecified atom stereocenters. The highest BCUT2D eigenvalue weighted by atomic mass is 35.5. The summed E-state index contributed by atoms with van der Waals surface area (Å²) in [5, 5.41) is 4.70. The van der Waals surface area contributed by atoms with E-state index in [-0.39, 0.29) is 6.04 Å². The lowest BCUT2D eigenvalue weighted by Crippen LogP contribution is -2.26. The van der Waals surface area contributed by atoms with Crippen molar-refractivity contribution in [1.82, 2.24) is 5.43 Å². The maximum absolute atomic E-state index is 6.12. The van der Waals surface area contributed by atoms with E-state index in [1.54, 1.807) is 0 Å². The summed E-state index contributed by atoms with van der Waals surface area (Å²) in [5.41, 5.74) is 6.37. The zero-order valence-electron chi connectivity index (χ0n) is 11.6. The third-order valence-corrected chi connectivity index (χ3v) is 3.60. The predicted octanol–water partition coefficient (Wildman–Crippen LogP) is 2.90. The summed E-state index contributed by atoms with van der Waals surface area (Å²) in [7, 11) is 0. The maximum atomic E-state index is 6.12. The van der Waals surface area contributed by atoms with Gasteiger partial charge in [0.25, 0.3) is 0 Å². The van der Waals surface area contributed by atoms with E-state index in [1.165, 1.54) is 0 Å². The predicted molar refractivity (Wildman–Crippen MR) is 80.2 cm³/mol. The van der Waals surface area contributed by atoms with E-state index in [4.69, 9.17) is 11.6 Å². The lowest BCUT2D eigenvalue weighted by molar-refractivity contribution is -0.513. The van der Waals surface area contributed by atoms with Crippen LogP contribution in [-0.2, 0) is 0 Å². The molecule has 3 nitrogen and oxygen atoms in total. The Kier molecular flexibility index (Phi) is 4.41. The van der Waals surface area contributed by atoms with Gasteiger partial charge in [-0.3, -0.25) is 5.43 Å². The standard InChI is InChI=1S/C15H19ClN3/c1-4-19(5-2)10-11(3)14-12-8-6-7-9-13(12)15(16)18-17-14/h6-9,14,17H,4-5H2,1-3H3/q+1. The lowest BCUT2D eigenvalue weighted by atomic mass is 9.95. The Morgan fingerprint density at radius 2 is 2.05 bits per heavy atom. The number of hydrogen-bond donors (Lipinski definition) is 1. The summed E-state index contributed by atoms with van der Waals surface area (Å²) in [4.78, 5) is 0. The van der Waals surface area contributed by atoms with E-state index in [1.807, 2.05) is 18.2 Å². The van der Waals surface area contributed by atoms with E-state index < -0.39 is 0 Å². The summed E-state index contributed by atoms with van der Waals surface area (Å²) >= 11 is 6.12. The van der Waals surface area contributed by atoms with Crippen molar-refractivity contribution in [3.05, 3.63) is 41.0 Å². The van der Waals surface area contributed by atoms with E-state index >= 15 is 0 Å². The monoisotopic (exact) mass is 276 g/mol. The SMILES string of the molecule is CC[N+](=C=C(C)C1NN=C(Cl)c2ccccc21)CC. The molecule has 1 aromatic carbocycles. The van der Waals surface area contributed by atoms with Gasteiger partial charge in [-0.15, -0.1) is 0 Å². The molecule has 1 heterocycles. The van der Waals surface area contributed by atoms with Crippen LogP contribution in [0.15, 0.2) is 34.9 Å². The quantitative estimate of drug-likeness (QED) is 0.667. The van der Waals surface area contributed by atoms with Gasteiger partial charge in [-0.2, -0.15) is 9.68 Å². The Hall–Kier alpha value is -1.57. The number of fused-ring (bicyclic) bond motifs is 1. The van der Waals surface area contributed by atoms with Crippen molar-refractivity contribution >= 4 is 22.6 Å². The van der Waals surface area contributed by atoms with Gasteiger partial charge < -0.3 is 0 Å². The van der Waals surface area contributed by atoms with Gasteiger partial charge in [0, 0.05) is 5.56 Å². The van der Waals surface area contributed by atoms with Crippen LogP contribution in [0.4, 0.5) is 0 Å². The molecule has 1 aliphatic rings. The molecule has 0 fully saturated rings. The first-order valence-corrected chi connectivity index (χ1v) is 6.98. The largest absolute Gasteiger partial charge is 0.296 e. The zero-order valence-corrected chi connectivity index (χ0v) is 12.3. The average Bonchev–Trinajstić information content (AvgIpc) is 2.45. The van der Waals surface area contributed by atoms with Gasteiger partial charge in [-0.05, 0) is 26.3 Å². The third-order valence-electron chi connectivity index (χ3n) is 3.32. The molecule has 0 amide bonds. The van der Waals surface area contributed by atoms with Crippen LogP contribution in [0.1, 0.15) is 37.9 Å². The molecule has 100 valence electrons. The van der Waals surface area contributed by atoms with Gasteiger partial charge in [-0.1, -0.05) is 35.9 Å². The van der Waals surface area contributed by atoms with E-state index in [2.05, 4.69) is 47.8 Å². The highest BCUT2D eigenvalue weighted by Gasteiger charge is 2.23. The van der Waals surface area contributed by atoms with Crippen LogP contribution in [0.25, 0.3) is 0 Å². The molecule has 0 radical (unpaired) electrons. The fourth-order valence-electron chi connectivity index (χ4n) is 2.21. The van der Waals surface area contributed by atoms with Crippen LogP contribution >= 0.6 is 11.6 Å². The molecule has 1 aliphatic heterocycles. The molecule has 1 aromatic rings. The van der Waals surface area contributed by atoms with Gasteiger partial charge in [0.15, 0.2) is 11.0 Å². The molecule has 0 aliphatic carbocycles. The van der Waals surface area contributed by atoms with Gasteiger partial charge in [-0.25, -0.2) is 0 Å². The molecular weight excluding hydrogens is 258 g/mol. The molecule has 1 N–H and O–H groups in total. The van der Waals surface area contributed by atoms with Crippen molar-refractivity contribution in [2.75, 3.05) is 13.1 Å². The van der Waals surface area contributed by atoms with Gasteiger partial charge >= 0.3 is 0 Å². The topological polar surface area (TPSA) is 27.4 Å². The number of hydrogen-bond acceptors (Lipinski definition) is 2. The third kappa shape index (κ3) is 2.89. The molecular formula is C15H19ClN3+. The number of rotatable bonds is 3. The van der Waals surface area contributed by atoms with Crippen LogP contribution in [0.3, 0.4) is 0 Å². The normalized spacial score (nSPS) is 16.8. The van der Waals surface area contributed by atoms with E-state index in [0.29, 0.717) is 5.17 Å². The summed E-state index contributed by atoms with van der Waals surface area (Å²) in [6.07, 6.45) is 0. The van der Waals surface area contributed by atoms with Crippen molar-refractivity contribution in [2.24, 2.45) is 5.10 Å². The number of benzene rings is 1. The summed E-state index contributed by atoms with van der Waals surface area (Å²) in [6.45, 7) is 8.22. The van der Waals surface area contributed by atoms with E-state index in [0.717, 1.165) is 29.8 Å². The van der Waals surface area contributed by atoms with E-state index in [9.17, 15) is 0 Å². The fraction of sp³-hybridized carbons (Fsp3) is 0.400. The Morgan fingerprint density at radius 1 is 1.37 bits per heavy atom. The maximum Gasteiger partial charge on any atom is 0.168 e. The minimum atomic E-state index is 0.0410. The number of hydrazone groups is 1. The van der Waals surface area contributed by atoms with Gasteiger partial charge in [0.05, 0.1) is 5.57 Å². The highest BCUT2D eigenvalue weighted by Crippen LogP contribution is 2.28. The van der Waals surface area contributed by atoms with Crippen molar-refractivity contribution < 1.29 is 4.58 Å². The first-order valence-electron chi connectivity index (χ1n) is 6.60. The molecule has 19 heavy (non-hydrogen) atoms. The molecule has 0 saturated heterocycles. The van der Waals surface area contributed by atoms with Gasteiger partial charge in [0.1, 0.15) is 19.1 Å². The summed E-state index contributed by atoms with van der Waals surface area (Å²) in [5.74, 6) is 3.42. The van der Waals surface area contributed by atoms with Crippen LogP contribution in [0.5, 0.6) is 0 Å². The Labute approximate surface area is 119 Å². The Morgan fingerprint density at radius 3 is 2.74 bits per heavy atom. The van der Waals surface area contributed by atoms with Crippen LogP contribution in [0, 0.1) is 0 Å². The summed E-state index contributed by atoms with van der Waals surface area (Å²) in [6, 6.07) is 8.12. The molecule has 2 rings (SSSR count). The number of nitrogens with zero attached hydrogens (tertiary/aromatic N) is 2. The van der Waals surface area contributed by atoms with Crippen molar-refractivity contribution in [1.29, 1.82) is 0 Å². The molecule has 0 bridgehead atoms. The molecule has 0 aromatic heterocycles. The second-order valence-corrected chi connectivity index (χ2v) is 4.88. The van der Waals surface area contributed by atoms with Crippen molar-refractivity contribution in [2.45, 2.75) is 26.8 Å². The molecule has 0 spiro atoms. The second kappa shape index (κ2) is 6.05. The second-order valence-electron chi connectivity index (χ2n) is 4.52. The average molecular weight is 277 g/mol. The number of nitrogens with one attached hydrogen (secondary N) is 1. The molecule has 0 saturated carbocycles. The van der Waals surface area contributed by atoms with Crippen LogP contribution in [0.2, 0.25) is 0 Å². The zero-order chi connectivity index (χ0) is 13.8. The smallest absolute Gasteiger partial charge is 0.168 e. The number of halogens is 1. The molecule has 4 heteroatoms. The first kappa shape index (κ1) is 13.9. The minimum absolute atomic E-state index is 0.0410. The summed E-state index contributed by atoms with van der Waals surface area (Å²) < 4.78 is 2.15. The highest BCUT2D eigenvalue weighted by molar-refractivity contribution is 6.69. The fourth-order valence-corrected chi connectivity index (χ4v) is 2.43. The van der Waals surface area contributed by atoms with Crippen molar-refractivity contribution in [3.8, 4) is 0 Å². The lowest BCUT2D eigenvalue weighted by Gasteiger charge is -2.22. The van der Waals surface area contributed by atoms with Gasteiger partial charge in [0.2, 0.25) is 0 Å². The minimum Gasteiger partial charge on any atom is -0.296 e. The Bertz CT molecular complexity index is 563.